The van der Waals surface area contributed by atoms with Gasteiger partial charge in [-0.05, 0) is 70.4 Å². The highest BCUT2D eigenvalue weighted by Gasteiger charge is 2.62. The van der Waals surface area contributed by atoms with Gasteiger partial charge in [0.25, 0.3) is 11.8 Å². The molecule has 55 heavy (non-hydrogen) atoms. The van der Waals surface area contributed by atoms with Crippen LogP contribution in [0.4, 0.5) is 0 Å². The first-order valence-corrected chi connectivity index (χ1v) is 21.8. The SMILES string of the molecule is CCOC1CCCCC/C=C\[C@@H]2C[C@@]2(C(=O)NS(=O)(=O)C2CC2)NC(=O)[C@@H]2C[C@@H](Oc3cc(-c4nc(C(C)C)cs4)nc4c(C)c(OC)ccc34)CN2C1=O. The predicted molar refractivity (Wildman–Crippen MR) is 209 cm³/mol. The number of amides is 3. The second-order valence-electron chi connectivity index (χ2n) is 15.5. The van der Waals surface area contributed by atoms with Crippen LogP contribution in [0.25, 0.3) is 21.6 Å². The Kier molecular flexibility index (Phi) is 11.3. The number of hydrogen-bond donors (Lipinski definition) is 2. The number of pyridine rings is 1. The van der Waals surface area contributed by atoms with E-state index in [4.69, 9.17) is 24.2 Å². The van der Waals surface area contributed by atoms with Gasteiger partial charge >= 0.3 is 0 Å². The highest BCUT2D eigenvalue weighted by atomic mass is 32.2. The molecule has 0 radical (unpaired) electrons. The van der Waals surface area contributed by atoms with Crippen molar-refractivity contribution in [1.82, 2.24) is 24.9 Å². The van der Waals surface area contributed by atoms with Crippen molar-refractivity contribution in [2.24, 2.45) is 5.92 Å². The van der Waals surface area contributed by atoms with Gasteiger partial charge in [-0.3, -0.25) is 19.1 Å². The highest BCUT2D eigenvalue weighted by molar-refractivity contribution is 7.91. The fraction of sp³-hybridized carbons (Fsp3) is 0.575. The number of methoxy groups -OCH3 is 1. The van der Waals surface area contributed by atoms with Gasteiger partial charge in [0.1, 0.15) is 46.0 Å². The summed E-state index contributed by atoms with van der Waals surface area (Å²) in [6.45, 7) is 8.39. The summed E-state index contributed by atoms with van der Waals surface area (Å²) < 4.78 is 46.4. The number of ether oxygens (including phenoxy) is 3. The van der Waals surface area contributed by atoms with Crippen LogP contribution < -0.4 is 19.5 Å². The molecule has 0 spiro atoms. The average Bonchev–Trinajstić information content (AvgIpc) is 4.03. The molecule has 15 heteroatoms. The van der Waals surface area contributed by atoms with E-state index in [9.17, 15) is 22.8 Å². The summed E-state index contributed by atoms with van der Waals surface area (Å²) in [5.41, 5.74) is 1.67. The average molecular weight is 794 g/mol. The normalized spacial score (nSPS) is 26.8. The number of carbonyl (C=O) groups excluding carboxylic acids is 3. The molecule has 1 unspecified atom stereocenters. The molecule has 2 aliphatic carbocycles. The Morgan fingerprint density at radius 2 is 1.93 bits per heavy atom. The van der Waals surface area contributed by atoms with E-state index in [0.29, 0.717) is 48.6 Å². The van der Waals surface area contributed by atoms with E-state index in [0.717, 1.165) is 47.3 Å². The molecule has 0 bridgehead atoms. The Hall–Kier alpha value is -4.08. The van der Waals surface area contributed by atoms with Gasteiger partial charge in [-0.15, -0.1) is 11.3 Å². The molecule has 1 aromatic carbocycles. The first-order valence-electron chi connectivity index (χ1n) is 19.4. The molecule has 2 N–H and O–H groups in total. The second-order valence-corrected chi connectivity index (χ2v) is 18.3. The van der Waals surface area contributed by atoms with Gasteiger partial charge in [-0.2, -0.15) is 0 Å². The quantitative estimate of drug-likeness (QED) is 0.249. The molecule has 2 aromatic heterocycles. The van der Waals surface area contributed by atoms with Gasteiger partial charge in [-0.1, -0.05) is 38.8 Å². The monoisotopic (exact) mass is 793 g/mol. The number of benzene rings is 1. The zero-order chi connectivity index (χ0) is 39.1. The van der Waals surface area contributed by atoms with Crippen molar-refractivity contribution in [3.63, 3.8) is 0 Å². The smallest absolute Gasteiger partial charge is 0.259 e. The number of rotatable bonds is 10. The fourth-order valence-corrected chi connectivity index (χ4v) is 10.00. The third kappa shape index (κ3) is 8.11. The predicted octanol–water partition coefficient (Wildman–Crippen LogP) is 5.56. The van der Waals surface area contributed by atoms with Gasteiger partial charge in [0.05, 0.1) is 30.1 Å². The molecule has 4 aliphatic rings. The van der Waals surface area contributed by atoms with Crippen LogP contribution in [-0.4, -0.2) is 90.3 Å². The summed E-state index contributed by atoms with van der Waals surface area (Å²) in [6, 6.07) is 4.62. The molecule has 2 aliphatic heterocycles. The van der Waals surface area contributed by atoms with Crippen molar-refractivity contribution >= 4 is 50.0 Å². The van der Waals surface area contributed by atoms with E-state index in [2.05, 4.69) is 23.9 Å². The summed E-state index contributed by atoms with van der Waals surface area (Å²) in [7, 11) is -2.25. The van der Waals surface area contributed by atoms with Crippen LogP contribution in [-0.2, 0) is 29.1 Å². The molecular formula is C40H51N5O8S2. The number of thiazole rings is 1. The van der Waals surface area contributed by atoms with Crippen LogP contribution in [0.15, 0.2) is 35.7 Å². The number of hydrogen-bond acceptors (Lipinski definition) is 11. The number of sulfonamides is 1. The number of nitrogens with zero attached hydrogens (tertiary/aromatic N) is 3. The van der Waals surface area contributed by atoms with Crippen molar-refractivity contribution in [2.45, 2.75) is 120 Å². The minimum absolute atomic E-state index is 0.0993. The molecule has 4 heterocycles. The summed E-state index contributed by atoms with van der Waals surface area (Å²) in [6.07, 6.45) is 7.73. The number of nitrogens with one attached hydrogen (secondary N) is 2. The molecule has 296 valence electrons. The van der Waals surface area contributed by atoms with Crippen LogP contribution in [0.1, 0.15) is 95.7 Å². The summed E-state index contributed by atoms with van der Waals surface area (Å²) in [5, 5.41) is 5.86. The second kappa shape index (κ2) is 15.8. The van der Waals surface area contributed by atoms with Crippen molar-refractivity contribution in [3.8, 4) is 22.2 Å². The van der Waals surface area contributed by atoms with Crippen molar-refractivity contribution in [2.75, 3.05) is 20.3 Å². The van der Waals surface area contributed by atoms with E-state index in [-0.39, 0.29) is 37.1 Å². The lowest BCUT2D eigenvalue weighted by molar-refractivity contribution is -0.149. The van der Waals surface area contributed by atoms with E-state index in [1.165, 1.54) is 16.2 Å². The lowest BCUT2D eigenvalue weighted by Gasteiger charge is -2.29. The summed E-state index contributed by atoms with van der Waals surface area (Å²) in [5.74, 6) is -0.524. The molecule has 3 aromatic rings. The largest absolute Gasteiger partial charge is 0.496 e. The molecule has 7 rings (SSSR count). The molecule has 2 saturated carbocycles. The number of carbonyl (C=O) groups is 3. The third-order valence-corrected chi connectivity index (χ3v) is 13.9. The molecule has 3 fully saturated rings. The lowest BCUT2D eigenvalue weighted by Crippen LogP contribution is -2.57. The minimum atomic E-state index is -3.86. The highest BCUT2D eigenvalue weighted by Crippen LogP contribution is 2.46. The zero-order valence-corrected chi connectivity index (χ0v) is 33.8. The third-order valence-electron chi connectivity index (χ3n) is 11.2. The topological polar surface area (TPSA) is 166 Å². The van der Waals surface area contributed by atoms with Crippen molar-refractivity contribution in [1.29, 1.82) is 0 Å². The van der Waals surface area contributed by atoms with E-state index in [1.54, 1.807) is 7.11 Å². The summed E-state index contributed by atoms with van der Waals surface area (Å²) >= 11 is 1.50. The number of fused-ring (bicyclic) bond motifs is 3. The van der Waals surface area contributed by atoms with Crippen LogP contribution in [0.5, 0.6) is 11.5 Å². The maximum Gasteiger partial charge on any atom is 0.259 e. The van der Waals surface area contributed by atoms with Crippen LogP contribution >= 0.6 is 11.3 Å². The maximum absolute atomic E-state index is 14.4. The Morgan fingerprint density at radius 1 is 1.13 bits per heavy atom. The van der Waals surface area contributed by atoms with Gasteiger partial charge in [-0.25, -0.2) is 18.4 Å². The minimum Gasteiger partial charge on any atom is -0.496 e. The van der Waals surface area contributed by atoms with Gasteiger partial charge < -0.3 is 24.4 Å². The molecule has 1 saturated heterocycles. The Morgan fingerprint density at radius 3 is 2.64 bits per heavy atom. The van der Waals surface area contributed by atoms with Crippen LogP contribution in [0, 0.1) is 12.8 Å². The standard InChI is InChI=1S/C40H51N5O8S2/c1-6-52-33-13-11-9-7-8-10-12-25-20-40(25,39(48)44-55(49,50)27-14-15-27)43-36(46)31-18-26(21-45(31)38(33)47)53-34-19-29(37-42-30(22-54-37)23(2)3)41-35-24(4)32(51-5)17-16-28(34)35/h10,12,16-17,19,22-23,25-27,31,33H,6-9,11,13-15,18,20-21H2,1-5H3,(H,43,46)(H,44,48)/b12-10-/t25-,26-,31+,33?,40-/m1/s1. The number of allylic oxidation sites excluding steroid dienone is 1. The molecule has 13 nitrogen and oxygen atoms in total. The molecule has 3 amide bonds. The Bertz CT molecular complexity index is 2100. The van der Waals surface area contributed by atoms with Crippen molar-refractivity contribution in [3.05, 3.63) is 47.0 Å². The van der Waals surface area contributed by atoms with E-state index in [1.807, 2.05) is 49.6 Å². The Balaban J connectivity index is 1.23. The van der Waals surface area contributed by atoms with Gasteiger partial charge in [0.15, 0.2) is 0 Å². The molecule has 5 atom stereocenters. The lowest BCUT2D eigenvalue weighted by atomic mass is 10.1. The zero-order valence-electron chi connectivity index (χ0n) is 32.1. The van der Waals surface area contributed by atoms with Crippen LogP contribution in [0.3, 0.4) is 0 Å². The first kappa shape index (κ1) is 39.2. The van der Waals surface area contributed by atoms with Gasteiger partial charge in [0, 0.05) is 41.3 Å². The Labute approximate surface area is 326 Å². The summed E-state index contributed by atoms with van der Waals surface area (Å²) in [4.78, 5) is 53.9. The van der Waals surface area contributed by atoms with Crippen molar-refractivity contribution < 1.29 is 37.0 Å². The fourth-order valence-electron chi connectivity index (χ4n) is 7.69. The van der Waals surface area contributed by atoms with Gasteiger partial charge in [0.2, 0.25) is 15.9 Å². The molecular weight excluding hydrogens is 743 g/mol. The first-order chi connectivity index (χ1) is 26.3. The maximum atomic E-state index is 14.4. The van der Waals surface area contributed by atoms with E-state index >= 15 is 0 Å². The number of aryl methyl sites for hydroxylation is 1. The van der Waals surface area contributed by atoms with Crippen LogP contribution in [0.2, 0.25) is 0 Å². The van der Waals surface area contributed by atoms with E-state index < -0.39 is 50.9 Å². The number of aromatic nitrogens is 2.